The number of aromatic amines is 1. The second kappa shape index (κ2) is 2.45. The minimum Gasteiger partial charge on any atom is -0.320 e. The van der Waals surface area contributed by atoms with Crippen molar-refractivity contribution in [2.24, 2.45) is 0 Å². The van der Waals surface area contributed by atoms with Gasteiger partial charge in [0.25, 0.3) is 0 Å². The van der Waals surface area contributed by atoms with Gasteiger partial charge in [-0.15, -0.1) is 0 Å². The minimum atomic E-state index is -4.37. The first kappa shape index (κ1) is 8.03. The lowest BCUT2D eigenvalue weighted by molar-refractivity contribution is -0.137. The van der Waals surface area contributed by atoms with Gasteiger partial charge in [-0.25, -0.2) is 9.97 Å². The lowest BCUT2D eigenvalue weighted by atomic mass is 10.2. The summed E-state index contributed by atoms with van der Waals surface area (Å²) in [5, 5.41) is 0. The van der Waals surface area contributed by atoms with E-state index in [1.54, 1.807) is 0 Å². The van der Waals surface area contributed by atoms with E-state index in [-0.39, 0.29) is 5.52 Å². The summed E-state index contributed by atoms with van der Waals surface area (Å²) in [4.78, 5) is 9.57. The molecule has 0 fully saturated rings. The van der Waals surface area contributed by atoms with Crippen LogP contribution in [0.25, 0.3) is 11.2 Å². The first-order valence-corrected chi connectivity index (χ1v) is 3.36. The molecule has 1 radical (unpaired) electrons. The van der Waals surface area contributed by atoms with E-state index in [2.05, 4.69) is 21.3 Å². The van der Waals surface area contributed by atoms with Crippen molar-refractivity contribution < 1.29 is 13.2 Å². The largest absolute Gasteiger partial charge is 0.417 e. The minimum absolute atomic E-state index is 0.162. The average Bonchev–Trinajstić information content (AvgIpc) is 2.47. The molecular weight excluding hydrogens is 183 g/mol. The molecule has 0 bridgehead atoms. The van der Waals surface area contributed by atoms with Crippen LogP contribution in [0.3, 0.4) is 0 Å². The number of aromatic nitrogens is 3. The van der Waals surface area contributed by atoms with Crippen LogP contribution in [-0.2, 0) is 6.18 Å². The molecular formula is C7H3F3N3. The van der Waals surface area contributed by atoms with E-state index in [0.717, 1.165) is 12.3 Å². The van der Waals surface area contributed by atoms with Crippen LogP contribution in [0.5, 0.6) is 0 Å². The number of pyridine rings is 1. The highest BCUT2D eigenvalue weighted by atomic mass is 19.4. The summed E-state index contributed by atoms with van der Waals surface area (Å²) in [6, 6.07) is 0.926. The number of halogens is 3. The van der Waals surface area contributed by atoms with E-state index in [1.165, 1.54) is 0 Å². The van der Waals surface area contributed by atoms with Gasteiger partial charge in [0.1, 0.15) is 5.52 Å². The summed E-state index contributed by atoms with van der Waals surface area (Å²) in [6.45, 7) is 0. The predicted molar refractivity (Wildman–Crippen MR) is 37.7 cm³/mol. The molecule has 0 atom stereocenters. The van der Waals surface area contributed by atoms with Gasteiger partial charge < -0.3 is 4.98 Å². The Morgan fingerprint density at radius 1 is 1.38 bits per heavy atom. The topological polar surface area (TPSA) is 41.6 Å². The molecule has 2 aromatic rings. The molecule has 67 valence electrons. The van der Waals surface area contributed by atoms with Gasteiger partial charge in [-0.2, -0.15) is 13.2 Å². The zero-order chi connectivity index (χ0) is 9.47. The normalized spacial score (nSPS) is 12.2. The molecule has 0 aromatic carbocycles. The van der Waals surface area contributed by atoms with Crippen LogP contribution in [0.4, 0.5) is 13.2 Å². The summed E-state index contributed by atoms with van der Waals surface area (Å²) in [5.74, 6) is 0. The first-order chi connectivity index (χ1) is 6.07. The molecule has 0 saturated carbocycles. The van der Waals surface area contributed by atoms with E-state index in [4.69, 9.17) is 0 Å². The van der Waals surface area contributed by atoms with Gasteiger partial charge in [-0.3, -0.25) is 0 Å². The Morgan fingerprint density at radius 2 is 2.15 bits per heavy atom. The molecule has 1 N–H and O–H groups in total. The van der Waals surface area contributed by atoms with Crippen LogP contribution in [-0.4, -0.2) is 15.0 Å². The van der Waals surface area contributed by atoms with Crippen LogP contribution >= 0.6 is 0 Å². The molecule has 0 aliphatic carbocycles. The summed E-state index contributed by atoms with van der Waals surface area (Å²) < 4.78 is 36.4. The molecule has 0 aliphatic heterocycles. The Bertz CT molecular complexity index is 432. The monoisotopic (exact) mass is 186 g/mol. The highest BCUT2D eigenvalue weighted by Gasteiger charge is 2.31. The Kier molecular flexibility index (Phi) is 1.51. The number of imidazole rings is 1. The first-order valence-electron chi connectivity index (χ1n) is 3.36. The Morgan fingerprint density at radius 3 is 2.85 bits per heavy atom. The molecule has 2 aromatic heterocycles. The van der Waals surface area contributed by atoms with Crippen molar-refractivity contribution in [2.45, 2.75) is 6.18 Å². The number of hydrogen-bond donors (Lipinski definition) is 1. The summed E-state index contributed by atoms with van der Waals surface area (Å²) in [6.07, 6.45) is -1.31. The van der Waals surface area contributed by atoms with Crippen molar-refractivity contribution in [3.8, 4) is 0 Å². The van der Waals surface area contributed by atoms with Crippen LogP contribution in [0.15, 0.2) is 12.3 Å². The van der Waals surface area contributed by atoms with E-state index in [0.29, 0.717) is 5.65 Å². The lowest BCUT2D eigenvalue weighted by Gasteiger charge is -2.04. The number of hydrogen-bond acceptors (Lipinski definition) is 2. The number of nitrogens with one attached hydrogen (secondary N) is 1. The maximum Gasteiger partial charge on any atom is 0.417 e. The third kappa shape index (κ3) is 1.34. The zero-order valence-corrected chi connectivity index (χ0v) is 6.18. The van der Waals surface area contributed by atoms with Gasteiger partial charge in [0, 0.05) is 6.20 Å². The van der Waals surface area contributed by atoms with Gasteiger partial charge in [0.15, 0.2) is 12.0 Å². The van der Waals surface area contributed by atoms with Crippen molar-refractivity contribution in [1.82, 2.24) is 15.0 Å². The lowest BCUT2D eigenvalue weighted by Crippen LogP contribution is -2.05. The van der Waals surface area contributed by atoms with Gasteiger partial charge in [-0.05, 0) is 6.07 Å². The van der Waals surface area contributed by atoms with Gasteiger partial charge >= 0.3 is 6.18 Å². The van der Waals surface area contributed by atoms with Crippen LogP contribution in [0.1, 0.15) is 5.56 Å². The molecule has 0 amide bonds. The second-order valence-electron chi connectivity index (χ2n) is 2.44. The van der Waals surface area contributed by atoms with Gasteiger partial charge in [0.05, 0.1) is 5.56 Å². The molecule has 2 heterocycles. The number of fused-ring (bicyclic) bond motifs is 1. The molecule has 3 nitrogen and oxygen atoms in total. The summed E-state index contributed by atoms with van der Waals surface area (Å²) in [7, 11) is 0. The number of rotatable bonds is 0. The van der Waals surface area contributed by atoms with Gasteiger partial charge in [-0.1, -0.05) is 0 Å². The molecule has 0 unspecified atom stereocenters. The Labute approximate surface area is 70.6 Å². The number of alkyl halides is 3. The highest BCUT2D eigenvalue weighted by molar-refractivity contribution is 5.70. The molecule has 6 heteroatoms. The van der Waals surface area contributed by atoms with Crippen LogP contribution in [0, 0.1) is 6.33 Å². The van der Waals surface area contributed by atoms with Crippen LogP contribution in [0.2, 0.25) is 0 Å². The van der Waals surface area contributed by atoms with E-state index < -0.39 is 11.7 Å². The van der Waals surface area contributed by atoms with Crippen LogP contribution < -0.4 is 0 Å². The van der Waals surface area contributed by atoms with E-state index >= 15 is 0 Å². The van der Waals surface area contributed by atoms with Crippen molar-refractivity contribution in [1.29, 1.82) is 0 Å². The molecule has 0 aliphatic rings. The third-order valence-corrected chi connectivity index (χ3v) is 1.55. The van der Waals surface area contributed by atoms with Crippen molar-refractivity contribution in [2.75, 3.05) is 0 Å². The number of nitrogens with zero attached hydrogens (tertiary/aromatic N) is 2. The third-order valence-electron chi connectivity index (χ3n) is 1.55. The van der Waals surface area contributed by atoms with E-state index in [9.17, 15) is 13.2 Å². The smallest absolute Gasteiger partial charge is 0.320 e. The molecule has 13 heavy (non-hydrogen) atoms. The highest BCUT2D eigenvalue weighted by Crippen LogP contribution is 2.29. The van der Waals surface area contributed by atoms with Crippen molar-refractivity contribution >= 4 is 11.2 Å². The molecule has 0 saturated heterocycles. The molecule has 0 spiro atoms. The van der Waals surface area contributed by atoms with Crippen molar-refractivity contribution in [3.63, 3.8) is 0 Å². The number of H-pyrrole nitrogens is 1. The Hall–Kier alpha value is -1.59. The maximum atomic E-state index is 12.1. The average molecular weight is 186 g/mol. The quantitative estimate of drug-likeness (QED) is 0.681. The summed E-state index contributed by atoms with van der Waals surface area (Å²) in [5.41, 5.74) is -0.344. The fourth-order valence-corrected chi connectivity index (χ4v) is 0.931. The van der Waals surface area contributed by atoms with Gasteiger partial charge in [0.2, 0.25) is 0 Å². The fraction of sp³-hybridized carbons (Fsp3) is 0.143. The SMILES string of the molecule is FC(F)(F)c1cnc2[nH][c]nc2c1. The maximum absolute atomic E-state index is 12.1. The molecule has 2 rings (SSSR count). The summed E-state index contributed by atoms with van der Waals surface area (Å²) >= 11 is 0. The Balaban J connectivity index is 2.61. The van der Waals surface area contributed by atoms with Crippen molar-refractivity contribution in [3.05, 3.63) is 24.2 Å². The van der Waals surface area contributed by atoms with E-state index in [1.807, 2.05) is 0 Å². The standard InChI is InChI=1S/C7H3F3N3/c8-7(9,10)4-1-5-6(11-2-4)13-3-12-5/h1-2H,(H,11,12,13). The second-order valence-corrected chi connectivity index (χ2v) is 2.44. The predicted octanol–water partition coefficient (Wildman–Crippen LogP) is 1.78. The fourth-order valence-electron chi connectivity index (χ4n) is 0.931. The zero-order valence-electron chi connectivity index (χ0n) is 6.18.